The number of hydrogen-bond donors (Lipinski definition) is 3. The van der Waals surface area contributed by atoms with Gasteiger partial charge in [-0.3, -0.25) is 10.7 Å². The highest BCUT2D eigenvalue weighted by Crippen LogP contribution is 2.24. The fourth-order valence-electron chi connectivity index (χ4n) is 1.75. The Morgan fingerprint density at radius 3 is 2.29 bits per heavy atom. The molecule has 9 heteroatoms. The summed E-state index contributed by atoms with van der Waals surface area (Å²) in [7, 11) is 0. The Labute approximate surface area is 139 Å². The van der Waals surface area contributed by atoms with Gasteiger partial charge in [0.2, 0.25) is 0 Å². The third-order valence-electron chi connectivity index (χ3n) is 2.73. The van der Waals surface area contributed by atoms with Crippen molar-refractivity contribution in [2.75, 3.05) is 5.32 Å². The Balaban J connectivity index is 1.95. The van der Waals surface area contributed by atoms with Gasteiger partial charge < -0.3 is 10.1 Å². The second-order valence-electron chi connectivity index (χ2n) is 4.51. The number of rotatable bonds is 3. The van der Waals surface area contributed by atoms with Crippen LogP contribution >= 0.6 is 11.6 Å². The van der Waals surface area contributed by atoms with Crippen LogP contribution < -0.4 is 15.4 Å². The molecule has 0 atom stereocenters. The molecule has 0 fully saturated rings. The maximum atomic E-state index is 12.1. The molecule has 0 radical (unpaired) electrons. The van der Waals surface area contributed by atoms with E-state index in [-0.39, 0.29) is 11.5 Å². The monoisotopic (exact) mass is 357 g/mol. The summed E-state index contributed by atoms with van der Waals surface area (Å²) in [6, 6.07) is 10.3. The van der Waals surface area contributed by atoms with Gasteiger partial charge in [0.25, 0.3) is 0 Å². The third-order valence-corrected chi connectivity index (χ3v) is 3.06. The van der Waals surface area contributed by atoms with Gasteiger partial charge >= 0.3 is 12.4 Å². The highest BCUT2D eigenvalue weighted by atomic mass is 35.5. The van der Waals surface area contributed by atoms with Crippen molar-refractivity contribution in [1.29, 1.82) is 5.41 Å². The summed E-state index contributed by atoms with van der Waals surface area (Å²) in [6.07, 6.45) is -4.78. The van der Waals surface area contributed by atoms with Crippen LogP contribution in [0.2, 0.25) is 5.02 Å². The number of amidine groups is 1. The highest BCUT2D eigenvalue weighted by molar-refractivity contribution is 6.34. The molecule has 2 amide bonds. The van der Waals surface area contributed by atoms with Crippen LogP contribution in [0.5, 0.6) is 5.75 Å². The van der Waals surface area contributed by atoms with E-state index < -0.39 is 18.1 Å². The van der Waals surface area contributed by atoms with Gasteiger partial charge in [0, 0.05) is 11.3 Å². The van der Waals surface area contributed by atoms with Crippen LogP contribution in [0.1, 0.15) is 5.56 Å². The molecule has 2 rings (SSSR count). The smallest absolute Gasteiger partial charge is 0.406 e. The number of hydrogen-bond acceptors (Lipinski definition) is 3. The first-order valence-electron chi connectivity index (χ1n) is 6.52. The number of amides is 2. The Bertz CT molecular complexity index is 748. The van der Waals surface area contributed by atoms with E-state index in [9.17, 15) is 18.0 Å². The normalized spacial score (nSPS) is 10.8. The fourth-order valence-corrected chi connectivity index (χ4v) is 1.98. The predicted molar refractivity (Wildman–Crippen MR) is 83.6 cm³/mol. The molecule has 2 aromatic rings. The van der Waals surface area contributed by atoms with Gasteiger partial charge in [-0.25, -0.2) is 4.79 Å². The van der Waals surface area contributed by atoms with Gasteiger partial charge in [-0.2, -0.15) is 0 Å². The molecule has 0 aromatic heterocycles. The molecule has 0 heterocycles. The minimum Gasteiger partial charge on any atom is -0.406 e. The Morgan fingerprint density at radius 2 is 1.71 bits per heavy atom. The van der Waals surface area contributed by atoms with Crippen LogP contribution in [-0.4, -0.2) is 18.2 Å². The first kappa shape index (κ1) is 17.6. The molecule has 3 N–H and O–H groups in total. The first-order valence-corrected chi connectivity index (χ1v) is 6.89. The molecule has 0 saturated heterocycles. The van der Waals surface area contributed by atoms with Crippen LogP contribution in [-0.2, 0) is 0 Å². The zero-order chi connectivity index (χ0) is 17.7. The lowest BCUT2D eigenvalue weighted by Crippen LogP contribution is -2.34. The number of ether oxygens (including phenoxy) is 1. The van der Waals surface area contributed by atoms with Gasteiger partial charge in [0.15, 0.2) is 0 Å². The van der Waals surface area contributed by atoms with E-state index in [2.05, 4.69) is 15.4 Å². The molecule has 0 unspecified atom stereocenters. The number of carbonyl (C=O) groups is 1. The van der Waals surface area contributed by atoms with E-state index >= 15 is 0 Å². The Hall–Kier alpha value is -2.74. The molecule has 24 heavy (non-hydrogen) atoms. The summed E-state index contributed by atoms with van der Waals surface area (Å²) >= 11 is 5.91. The molecule has 2 aromatic carbocycles. The largest absolute Gasteiger partial charge is 0.573 e. The van der Waals surface area contributed by atoms with Crippen molar-refractivity contribution in [3.8, 4) is 5.75 Å². The third kappa shape index (κ3) is 5.17. The summed E-state index contributed by atoms with van der Waals surface area (Å²) in [5, 5.41) is 12.8. The van der Waals surface area contributed by atoms with Crippen LogP contribution in [0.4, 0.5) is 23.7 Å². The maximum Gasteiger partial charge on any atom is 0.573 e. The summed E-state index contributed by atoms with van der Waals surface area (Å²) in [6.45, 7) is 0. The highest BCUT2D eigenvalue weighted by Gasteiger charge is 2.30. The van der Waals surface area contributed by atoms with Crippen molar-refractivity contribution in [2.45, 2.75) is 6.36 Å². The van der Waals surface area contributed by atoms with Crippen molar-refractivity contribution in [1.82, 2.24) is 5.32 Å². The average molecular weight is 358 g/mol. The van der Waals surface area contributed by atoms with Crippen LogP contribution in [0.25, 0.3) is 0 Å². The van der Waals surface area contributed by atoms with Crippen molar-refractivity contribution >= 4 is 29.2 Å². The molecule has 5 nitrogen and oxygen atoms in total. The topological polar surface area (TPSA) is 74.2 Å². The minimum atomic E-state index is -4.78. The molecule has 126 valence electrons. The Morgan fingerprint density at radius 1 is 1.08 bits per heavy atom. The average Bonchev–Trinajstić information content (AvgIpc) is 2.48. The van der Waals surface area contributed by atoms with Crippen molar-refractivity contribution in [2.24, 2.45) is 0 Å². The molecule has 0 saturated carbocycles. The van der Waals surface area contributed by atoms with E-state index in [1.807, 2.05) is 0 Å². The van der Waals surface area contributed by atoms with E-state index in [0.29, 0.717) is 10.6 Å². The summed E-state index contributed by atoms with van der Waals surface area (Å²) < 4.78 is 39.9. The standard InChI is InChI=1S/C15H11ClF3N3O2/c16-12-4-2-1-3-11(12)13(20)22-14(23)21-9-5-7-10(8-6-9)24-15(17,18)19/h1-8H,(H3,20,21,22,23). The summed E-state index contributed by atoms with van der Waals surface area (Å²) in [4.78, 5) is 11.8. The number of halogens is 4. The minimum absolute atomic E-state index is 0.213. The first-order chi connectivity index (χ1) is 11.2. The number of benzene rings is 2. The maximum absolute atomic E-state index is 12.1. The molecule has 0 aliphatic heterocycles. The number of urea groups is 1. The molecular formula is C15H11ClF3N3O2. The number of nitrogens with one attached hydrogen (secondary N) is 3. The van der Waals surface area contributed by atoms with E-state index in [1.165, 1.54) is 12.1 Å². The van der Waals surface area contributed by atoms with Gasteiger partial charge in [-0.1, -0.05) is 23.7 Å². The lowest BCUT2D eigenvalue weighted by Gasteiger charge is -2.11. The number of carbonyl (C=O) groups excluding carboxylic acids is 1. The van der Waals surface area contributed by atoms with Gasteiger partial charge in [0.1, 0.15) is 11.6 Å². The van der Waals surface area contributed by atoms with E-state index in [4.69, 9.17) is 17.0 Å². The predicted octanol–water partition coefficient (Wildman–Crippen LogP) is 4.39. The van der Waals surface area contributed by atoms with Gasteiger partial charge in [-0.05, 0) is 36.4 Å². The zero-order valence-corrected chi connectivity index (χ0v) is 12.7. The van der Waals surface area contributed by atoms with Crippen LogP contribution in [0.15, 0.2) is 48.5 Å². The lowest BCUT2D eigenvalue weighted by molar-refractivity contribution is -0.274. The molecule has 0 spiro atoms. The quantitative estimate of drug-likeness (QED) is 0.563. The van der Waals surface area contributed by atoms with Crippen LogP contribution in [0, 0.1) is 5.41 Å². The van der Waals surface area contributed by atoms with E-state index in [0.717, 1.165) is 12.1 Å². The van der Waals surface area contributed by atoms with Crippen molar-refractivity contribution in [3.63, 3.8) is 0 Å². The van der Waals surface area contributed by atoms with Crippen LogP contribution in [0.3, 0.4) is 0 Å². The molecule has 0 aliphatic carbocycles. The molecular weight excluding hydrogens is 347 g/mol. The summed E-state index contributed by atoms with van der Waals surface area (Å²) in [5.74, 6) is -0.618. The van der Waals surface area contributed by atoms with Gasteiger partial charge in [0.05, 0.1) is 5.02 Å². The number of anilines is 1. The number of alkyl halides is 3. The SMILES string of the molecule is N=C(NC(=O)Nc1ccc(OC(F)(F)F)cc1)c1ccccc1Cl. The van der Waals surface area contributed by atoms with E-state index in [1.54, 1.807) is 24.3 Å². The molecule has 0 bridgehead atoms. The zero-order valence-electron chi connectivity index (χ0n) is 11.9. The van der Waals surface area contributed by atoms with Crippen molar-refractivity contribution in [3.05, 3.63) is 59.1 Å². The lowest BCUT2D eigenvalue weighted by atomic mass is 10.2. The second-order valence-corrected chi connectivity index (χ2v) is 4.91. The fraction of sp³-hybridized carbons (Fsp3) is 0.0667. The van der Waals surface area contributed by atoms with Gasteiger partial charge in [-0.15, -0.1) is 13.2 Å². The molecule has 0 aliphatic rings. The second kappa shape index (κ2) is 7.22. The summed E-state index contributed by atoms with van der Waals surface area (Å²) in [5.41, 5.74) is 0.567. The van der Waals surface area contributed by atoms with Crippen molar-refractivity contribution < 1.29 is 22.7 Å². The Kier molecular flexibility index (Phi) is 5.30.